The van der Waals surface area contributed by atoms with Crippen LogP contribution in [0.2, 0.25) is 0 Å². The molecule has 0 aliphatic heterocycles. The van der Waals surface area contributed by atoms with Crippen LogP contribution in [-0.2, 0) is 6.54 Å². The molecule has 90 valence electrons. The van der Waals surface area contributed by atoms with Crippen LogP contribution in [0.25, 0.3) is 0 Å². The lowest BCUT2D eigenvalue weighted by Gasteiger charge is -2.03. The van der Waals surface area contributed by atoms with Gasteiger partial charge in [-0.15, -0.1) is 0 Å². The fraction of sp³-hybridized carbons (Fsp3) is 0.417. The Morgan fingerprint density at radius 3 is 2.24 bits per heavy atom. The smallest absolute Gasteiger partial charge is 0.223 e. The molecule has 1 N–H and O–H groups in total. The zero-order chi connectivity index (χ0) is 12.4. The minimum absolute atomic E-state index is 0.498. The summed E-state index contributed by atoms with van der Waals surface area (Å²) in [6, 6.07) is 1.94. The fourth-order valence-electron chi connectivity index (χ4n) is 1.57. The molecule has 2 aromatic heterocycles. The number of nitrogens with zero attached hydrogens (tertiary/aromatic N) is 3. The predicted octanol–water partition coefficient (Wildman–Crippen LogP) is 2.31. The van der Waals surface area contributed by atoms with Gasteiger partial charge in [0.05, 0.1) is 12.2 Å². The van der Waals surface area contributed by atoms with Crippen LogP contribution in [0.15, 0.2) is 10.5 Å². The number of aryl methyl sites for hydroxylation is 4. The average molecular weight is 232 g/mol. The first-order valence-corrected chi connectivity index (χ1v) is 5.53. The highest BCUT2D eigenvalue weighted by atomic mass is 16.4. The zero-order valence-electron chi connectivity index (χ0n) is 10.5. The van der Waals surface area contributed by atoms with Gasteiger partial charge in [-0.3, -0.25) is 0 Å². The van der Waals surface area contributed by atoms with E-state index in [4.69, 9.17) is 4.42 Å². The van der Waals surface area contributed by atoms with Crippen LogP contribution in [0.5, 0.6) is 0 Å². The van der Waals surface area contributed by atoms with E-state index in [1.54, 1.807) is 0 Å². The lowest BCUT2D eigenvalue weighted by Crippen LogP contribution is -2.05. The highest BCUT2D eigenvalue weighted by Crippen LogP contribution is 2.10. The molecule has 0 saturated heterocycles. The van der Waals surface area contributed by atoms with Crippen molar-refractivity contribution >= 4 is 5.95 Å². The molecule has 2 heterocycles. The van der Waals surface area contributed by atoms with E-state index in [2.05, 4.69) is 20.3 Å². The summed E-state index contributed by atoms with van der Waals surface area (Å²) < 4.78 is 5.47. The largest absolute Gasteiger partial charge is 0.444 e. The molecule has 0 unspecified atom stereocenters. The van der Waals surface area contributed by atoms with Gasteiger partial charge in [-0.25, -0.2) is 15.0 Å². The van der Waals surface area contributed by atoms with Gasteiger partial charge in [-0.2, -0.15) is 0 Å². The number of rotatable bonds is 3. The molecule has 0 aliphatic rings. The van der Waals surface area contributed by atoms with Crippen LogP contribution < -0.4 is 5.32 Å². The maximum Gasteiger partial charge on any atom is 0.223 e. The summed E-state index contributed by atoms with van der Waals surface area (Å²) in [6.07, 6.45) is 0. The second kappa shape index (κ2) is 4.53. The van der Waals surface area contributed by atoms with Crippen LogP contribution >= 0.6 is 0 Å². The second-order valence-electron chi connectivity index (χ2n) is 4.08. The van der Waals surface area contributed by atoms with Crippen molar-refractivity contribution in [2.75, 3.05) is 5.32 Å². The summed E-state index contributed by atoms with van der Waals surface area (Å²) in [5, 5.41) is 3.10. The maximum atomic E-state index is 5.47. The molecular formula is C12H16N4O. The topological polar surface area (TPSA) is 63.8 Å². The van der Waals surface area contributed by atoms with Crippen LogP contribution in [0.4, 0.5) is 5.95 Å². The van der Waals surface area contributed by atoms with E-state index >= 15 is 0 Å². The number of anilines is 1. The third-order valence-electron chi connectivity index (χ3n) is 2.45. The Balaban J connectivity index is 2.07. The Labute approximate surface area is 100 Å². The molecule has 0 amide bonds. The van der Waals surface area contributed by atoms with E-state index in [-0.39, 0.29) is 0 Å². The Morgan fingerprint density at radius 1 is 1.06 bits per heavy atom. The summed E-state index contributed by atoms with van der Waals surface area (Å²) in [6.45, 7) is 8.21. The van der Waals surface area contributed by atoms with Gasteiger partial charge in [-0.1, -0.05) is 0 Å². The summed E-state index contributed by atoms with van der Waals surface area (Å²) in [5.41, 5.74) is 2.81. The molecule has 0 bridgehead atoms. The standard InChI is InChI=1S/C12H16N4O/c1-7-5-8(2)15-12(14-7)13-6-11-16-9(3)10(4)17-11/h5H,6H2,1-4H3,(H,13,14,15). The molecular weight excluding hydrogens is 216 g/mol. The van der Waals surface area contributed by atoms with Crippen LogP contribution in [0.1, 0.15) is 28.7 Å². The molecule has 0 radical (unpaired) electrons. The molecule has 0 aromatic carbocycles. The van der Waals surface area contributed by atoms with Gasteiger partial charge in [0.1, 0.15) is 5.76 Å². The van der Waals surface area contributed by atoms with Crippen LogP contribution in [-0.4, -0.2) is 15.0 Å². The summed E-state index contributed by atoms with van der Waals surface area (Å²) >= 11 is 0. The maximum absolute atomic E-state index is 5.47. The first-order valence-electron chi connectivity index (χ1n) is 5.53. The van der Waals surface area contributed by atoms with Crippen molar-refractivity contribution in [2.24, 2.45) is 0 Å². The van der Waals surface area contributed by atoms with E-state index in [9.17, 15) is 0 Å². The second-order valence-corrected chi connectivity index (χ2v) is 4.08. The molecule has 0 fully saturated rings. The molecule has 0 spiro atoms. The van der Waals surface area contributed by atoms with E-state index in [0.29, 0.717) is 18.4 Å². The Kier molecular flexibility index (Phi) is 3.08. The molecule has 5 nitrogen and oxygen atoms in total. The van der Waals surface area contributed by atoms with Crippen LogP contribution in [0, 0.1) is 27.7 Å². The molecule has 0 aliphatic carbocycles. The van der Waals surface area contributed by atoms with Gasteiger partial charge in [0.25, 0.3) is 0 Å². The van der Waals surface area contributed by atoms with Crippen molar-refractivity contribution in [3.8, 4) is 0 Å². The minimum atomic E-state index is 0.498. The van der Waals surface area contributed by atoms with E-state index in [1.807, 2.05) is 33.8 Å². The van der Waals surface area contributed by atoms with Crippen molar-refractivity contribution in [3.05, 3.63) is 34.8 Å². The highest BCUT2D eigenvalue weighted by Gasteiger charge is 2.06. The monoisotopic (exact) mass is 232 g/mol. The fourth-order valence-corrected chi connectivity index (χ4v) is 1.57. The lowest BCUT2D eigenvalue weighted by molar-refractivity contribution is 0.477. The van der Waals surface area contributed by atoms with Gasteiger partial charge in [0.15, 0.2) is 0 Å². The Morgan fingerprint density at radius 2 is 1.71 bits per heavy atom. The quantitative estimate of drug-likeness (QED) is 0.879. The van der Waals surface area contributed by atoms with Crippen molar-refractivity contribution < 1.29 is 4.42 Å². The van der Waals surface area contributed by atoms with E-state index < -0.39 is 0 Å². The molecule has 2 aromatic rings. The van der Waals surface area contributed by atoms with Gasteiger partial charge in [0.2, 0.25) is 11.8 Å². The first kappa shape index (κ1) is 11.6. The molecule has 0 atom stereocenters. The van der Waals surface area contributed by atoms with Crippen molar-refractivity contribution in [1.82, 2.24) is 15.0 Å². The first-order chi connectivity index (χ1) is 8.04. The SMILES string of the molecule is Cc1cc(C)nc(NCc2nc(C)c(C)o2)n1. The molecule has 2 rings (SSSR count). The minimum Gasteiger partial charge on any atom is -0.444 e. The van der Waals surface area contributed by atoms with Gasteiger partial charge in [-0.05, 0) is 33.8 Å². The predicted molar refractivity (Wildman–Crippen MR) is 64.8 cm³/mol. The Hall–Kier alpha value is -1.91. The van der Waals surface area contributed by atoms with Gasteiger partial charge < -0.3 is 9.73 Å². The third kappa shape index (κ3) is 2.81. The summed E-state index contributed by atoms with van der Waals surface area (Å²) in [4.78, 5) is 12.9. The van der Waals surface area contributed by atoms with Gasteiger partial charge in [0, 0.05) is 11.4 Å². The summed E-state index contributed by atoms with van der Waals surface area (Å²) in [7, 11) is 0. The third-order valence-corrected chi connectivity index (χ3v) is 2.45. The van der Waals surface area contributed by atoms with Crippen molar-refractivity contribution in [2.45, 2.75) is 34.2 Å². The van der Waals surface area contributed by atoms with Gasteiger partial charge >= 0.3 is 0 Å². The number of hydrogen-bond acceptors (Lipinski definition) is 5. The number of hydrogen-bond donors (Lipinski definition) is 1. The average Bonchev–Trinajstić information content (AvgIpc) is 2.54. The molecule has 17 heavy (non-hydrogen) atoms. The van der Waals surface area contributed by atoms with Crippen molar-refractivity contribution in [1.29, 1.82) is 0 Å². The Bertz CT molecular complexity index is 494. The number of oxazole rings is 1. The zero-order valence-corrected chi connectivity index (χ0v) is 10.5. The van der Waals surface area contributed by atoms with E-state index in [0.717, 1.165) is 22.8 Å². The number of nitrogens with one attached hydrogen (secondary N) is 1. The molecule has 0 saturated carbocycles. The lowest BCUT2D eigenvalue weighted by atomic mass is 10.4. The number of aromatic nitrogens is 3. The van der Waals surface area contributed by atoms with E-state index in [1.165, 1.54) is 0 Å². The van der Waals surface area contributed by atoms with Crippen LogP contribution in [0.3, 0.4) is 0 Å². The summed E-state index contributed by atoms with van der Waals surface area (Å²) in [5.74, 6) is 2.11. The highest BCUT2D eigenvalue weighted by molar-refractivity contribution is 5.27. The molecule has 5 heteroatoms. The van der Waals surface area contributed by atoms with Crippen molar-refractivity contribution in [3.63, 3.8) is 0 Å². The normalized spacial score (nSPS) is 10.6.